The number of hydrogen-bond acceptors (Lipinski definition) is 5. The number of aryl methyl sites for hydroxylation is 1. The van der Waals surface area contributed by atoms with Gasteiger partial charge < -0.3 is 14.6 Å². The van der Waals surface area contributed by atoms with Crippen LogP contribution < -0.4 is 5.32 Å². The summed E-state index contributed by atoms with van der Waals surface area (Å²) in [7, 11) is 0. The molecule has 3 aromatic rings. The summed E-state index contributed by atoms with van der Waals surface area (Å²) in [5.74, 6) is 1.58. The first-order valence-corrected chi connectivity index (χ1v) is 11.3. The molecule has 1 aliphatic heterocycles. The van der Waals surface area contributed by atoms with Crippen LogP contribution >= 0.6 is 11.8 Å². The molecule has 0 radical (unpaired) electrons. The van der Waals surface area contributed by atoms with E-state index >= 15 is 0 Å². The number of hydrogen-bond donors (Lipinski definition) is 1. The molecule has 1 fully saturated rings. The Bertz CT molecular complexity index is 991. The number of carbonyl (C=O) groups excluding carboxylic acids is 2. The van der Waals surface area contributed by atoms with E-state index < -0.39 is 0 Å². The van der Waals surface area contributed by atoms with Crippen molar-refractivity contribution in [3.05, 3.63) is 60.0 Å². The zero-order valence-electron chi connectivity index (χ0n) is 17.0. The molecule has 1 N–H and O–H groups in total. The highest BCUT2D eigenvalue weighted by atomic mass is 32.2. The molecule has 0 aliphatic carbocycles. The lowest BCUT2D eigenvalue weighted by Gasteiger charge is -2.30. The summed E-state index contributed by atoms with van der Waals surface area (Å²) < 4.78 is 5.89. The second-order valence-electron chi connectivity index (χ2n) is 7.58. The van der Waals surface area contributed by atoms with E-state index in [-0.39, 0.29) is 23.5 Å². The molecule has 2 heterocycles. The predicted octanol–water partition coefficient (Wildman–Crippen LogP) is 4.21. The maximum Gasteiger partial charge on any atom is 0.234 e. The van der Waals surface area contributed by atoms with Gasteiger partial charge in [0.15, 0.2) is 11.5 Å². The van der Waals surface area contributed by atoms with Crippen molar-refractivity contribution in [1.82, 2.24) is 9.88 Å². The first-order chi connectivity index (χ1) is 14.6. The van der Waals surface area contributed by atoms with Gasteiger partial charge in [-0.05, 0) is 44.0 Å². The summed E-state index contributed by atoms with van der Waals surface area (Å²) in [6.45, 7) is 3.39. The second-order valence-corrected chi connectivity index (χ2v) is 8.57. The fraction of sp³-hybridized carbons (Fsp3) is 0.348. The quantitative estimate of drug-likeness (QED) is 0.643. The second kappa shape index (κ2) is 9.34. The van der Waals surface area contributed by atoms with Crippen molar-refractivity contribution >= 4 is 40.4 Å². The maximum absolute atomic E-state index is 12.5. The standard InChI is InChI=1S/C23H25N3O3S/c1-16-6-8-18(9-7-16)24-21(27)14-30-15-22(28)26-12-10-17(11-13-26)23-25-19-4-2-3-5-20(19)29-23/h2-9,17H,10-15H2,1H3,(H,24,27). The van der Waals surface area contributed by atoms with E-state index in [0.717, 1.165) is 41.1 Å². The number of nitrogens with one attached hydrogen (secondary N) is 1. The molecule has 1 aromatic heterocycles. The number of benzene rings is 2. The Kier molecular flexibility index (Phi) is 6.38. The van der Waals surface area contributed by atoms with Crippen molar-refractivity contribution in [3.63, 3.8) is 0 Å². The molecule has 1 aliphatic rings. The third-order valence-electron chi connectivity index (χ3n) is 5.30. The number of nitrogens with zero attached hydrogens (tertiary/aromatic N) is 2. The van der Waals surface area contributed by atoms with Gasteiger partial charge >= 0.3 is 0 Å². The first kappa shape index (κ1) is 20.5. The van der Waals surface area contributed by atoms with Crippen LogP contribution in [0.25, 0.3) is 11.1 Å². The molecule has 0 unspecified atom stereocenters. The minimum Gasteiger partial charge on any atom is -0.440 e. The minimum atomic E-state index is -0.0914. The van der Waals surface area contributed by atoms with Crippen molar-refractivity contribution in [1.29, 1.82) is 0 Å². The topological polar surface area (TPSA) is 75.4 Å². The number of fused-ring (bicyclic) bond motifs is 1. The lowest BCUT2D eigenvalue weighted by molar-refractivity contribution is -0.129. The molecule has 156 valence electrons. The average molecular weight is 424 g/mol. The van der Waals surface area contributed by atoms with Gasteiger partial charge in [0, 0.05) is 24.7 Å². The Labute approximate surface area is 180 Å². The lowest BCUT2D eigenvalue weighted by atomic mass is 9.97. The van der Waals surface area contributed by atoms with E-state index in [1.807, 2.05) is 60.4 Å². The largest absolute Gasteiger partial charge is 0.440 e. The maximum atomic E-state index is 12.5. The molecule has 0 bridgehead atoms. The zero-order chi connectivity index (χ0) is 20.9. The van der Waals surface area contributed by atoms with Crippen LogP contribution in [0, 0.1) is 6.92 Å². The number of amides is 2. The molecule has 4 rings (SSSR count). The molecule has 0 saturated carbocycles. The Hall–Kier alpha value is -2.80. The number of likely N-dealkylation sites (tertiary alicyclic amines) is 1. The number of thioether (sulfide) groups is 1. The molecular weight excluding hydrogens is 398 g/mol. The van der Waals surface area contributed by atoms with Crippen LogP contribution in [0.5, 0.6) is 0 Å². The van der Waals surface area contributed by atoms with Gasteiger partial charge in [0.2, 0.25) is 11.8 Å². The fourth-order valence-electron chi connectivity index (χ4n) is 3.60. The number of aromatic nitrogens is 1. The highest BCUT2D eigenvalue weighted by molar-refractivity contribution is 8.00. The van der Waals surface area contributed by atoms with Gasteiger partial charge in [0.1, 0.15) is 5.52 Å². The highest BCUT2D eigenvalue weighted by Crippen LogP contribution is 2.30. The van der Waals surface area contributed by atoms with Gasteiger partial charge in [0.05, 0.1) is 11.5 Å². The van der Waals surface area contributed by atoms with Crippen LogP contribution in [0.15, 0.2) is 52.9 Å². The number of piperidine rings is 1. The van der Waals surface area contributed by atoms with Gasteiger partial charge in [-0.15, -0.1) is 11.8 Å². The minimum absolute atomic E-state index is 0.0825. The van der Waals surface area contributed by atoms with Gasteiger partial charge in [-0.2, -0.15) is 0 Å². The van der Waals surface area contributed by atoms with Crippen LogP contribution in [-0.2, 0) is 9.59 Å². The van der Waals surface area contributed by atoms with Gasteiger partial charge in [-0.1, -0.05) is 29.8 Å². The Morgan fingerprint density at radius 1 is 1.10 bits per heavy atom. The Balaban J connectivity index is 1.19. The molecule has 0 atom stereocenters. The molecule has 30 heavy (non-hydrogen) atoms. The first-order valence-electron chi connectivity index (χ1n) is 10.2. The van der Waals surface area contributed by atoms with E-state index in [1.165, 1.54) is 11.8 Å². The van der Waals surface area contributed by atoms with Crippen molar-refractivity contribution in [2.24, 2.45) is 0 Å². The van der Waals surface area contributed by atoms with Crippen LogP contribution in [0.3, 0.4) is 0 Å². The van der Waals surface area contributed by atoms with Crippen LogP contribution in [0.1, 0.15) is 30.2 Å². The van der Waals surface area contributed by atoms with E-state index in [9.17, 15) is 9.59 Å². The number of oxazole rings is 1. The molecule has 2 aromatic carbocycles. The summed E-state index contributed by atoms with van der Waals surface area (Å²) in [6.07, 6.45) is 1.69. The summed E-state index contributed by atoms with van der Waals surface area (Å²) in [5, 5.41) is 2.86. The predicted molar refractivity (Wildman–Crippen MR) is 120 cm³/mol. The third-order valence-corrected chi connectivity index (χ3v) is 6.22. The third kappa shape index (κ3) is 5.02. The van der Waals surface area contributed by atoms with E-state index in [0.29, 0.717) is 18.8 Å². The smallest absolute Gasteiger partial charge is 0.234 e. The summed E-state index contributed by atoms with van der Waals surface area (Å²) in [5.41, 5.74) is 3.62. The molecule has 1 saturated heterocycles. The van der Waals surface area contributed by atoms with E-state index in [4.69, 9.17) is 4.42 Å². The Morgan fingerprint density at radius 3 is 2.57 bits per heavy atom. The molecule has 6 nitrogen and oxygen atoms in total. The zero-order valence-corrected chi connectivity index (χ0v) is 17.8. The number of para-hydroxylation sites is 2. The summed E-state index contributed by atoms with van der Waals surface area (Å²) >= 11 is 1.35. The normalized spacial score (nSPS) is 14.8. The van der Waals surface area contributed by atoms with Crippen molar-refractivity contribution < 1.29 is 14.0 Å². The van der Waals surface area contributed by atoms with E-state index in [2.05, 4.69) is 10.3 Å². The average Bonchev–Trinajstić information content (AvgIpc) is 3.20. The fourth-order valence-corrected chi connectivity index (χ4v) is 4.31. The van der Waals surface area contributed by atoms with Gasteiger partial charge in [-0.3, -0.25) is 9.59 Å². The summed E-state index contributed by atoms with van der Waals surface area (Å²) in [6, 6.07) is 15.4. The Morgan fingerprint density at radius 2 is 1.83 bits per heavy atom. The van der Waals surface area contributed by atoms with Gasteiger partial charge in [0.25, 0.3) is 0 Å². The SMILES string of the molecule is Cc1ccc(NC(=O)CSCC(=O)N2CCC(c3nc4ccccc4o3)CC2)cc1. The van der Waals surface area contributed by atoms with Crippen LogP contribution in [-0.4, -0.2) is 46.3 Å². The number of anilines is 1. The van der Waals surface area contributed by atoms with Crippen molar-refractivity contribution in [2.75, 3.05) is 29.9 Å². The number of rotatable bonds is 6. The molecular formula is C23H25N3O3S. The molecule has 7 heteroatoms. The van der Waals surface area contributed by atoms with Crippen LogP contribution in [0.2, 0.25) is 0 Å². The van der Waals surface area contributed by atoms with Crippen LogP contribution in [0.4, 0.5) is 5.69 Å². The monoisotopic (exact) mass is 423 g/mol. The molecule has 2 amide bonds. The van der Waals surface area contributed by atoms with E-state index in [1.54, 1.807) is 0 Å². The number of carbonyl (C=O) groups is 2. The van der Waals surface area contributed by atoms with Gasteiger partial charge in [-0.25, -0.2) is 4.98 Å². The highest BCUT2D eigenvalue weighted by Gasteiger charge is 2.27. The van der Waals surface area contributed by atoms with Crippen molar-refractivity contribution in [3.8, 4) is 0 Å². The summed E-state index contributed by atoms with van der Waals surface area (Å²) in [4.78, 5) is 31.0. The van der Waals surface area contributed by atoms with Crippen molar-refractivity contribution in [2.45, 2.75) is 25.7 Å². The lowest BCUT2D eigenvalue weighted by Crippen LogP contribution is -2.39. The molecule has 0 spiro atoms.